The summed E-state index contributed by atoms with van der Waals surface area (Å²) < 4.78 is 0. The van der Waals surface area contributed by atoms with E-state index in [1.807, 2.05) is 11.3 Å². The van der Waals surface area contributed by atoms with E-state index in [2.05, 4.69) is 36.7 Å². The van der Waals surface area contributed by atoms with Crippen LogP contribution in [0.15, 0.2) is 17.5 Å². The largest absolute Gasteiger partial charge is 0.316 e. The standard InChI is InChI=1S/C12H19NS/c1-10(2)6-12(8-13-9-12)7-11-4-3-5-14-11/h3-5,10,13H,6-9H2,1-2H3. The highest BCUT2D eigenvalue weighted by molar-refractivity contribution is 7.09. The van der Waals surface area contributed by atoms with Gasteiger partial charge in [-0.05, 0) is 30.2 Å². The van der Waals surface area contributed by atoms with Gasteiger partial charge in [-0.15, -0.1) is 11.3 Å². The van der Waals surface area contributed by atoms with Gasteiger partial charge >= 0.3 is 0 Å². The second-order valence-electron chi connectivity index (χ2n) is 4.96. The Labute approximate surface area is 90.5 Å². The van der Waals surface area contributed by atoms with Crippen molar-refractivity contribution in [1.29, 1.82) is 0 Å². The lowest BCUT2D eigenvalue weighted by Gasteiger charge is -2.44. The van der Waals surface area contributed by atoms with E-state index in [0.717, 1.165) is 5.92 Å². The van der Waals surface area contributed by atoms with E-state index in [1.54, 1.807) is 4.88 Å². The molecule has 0 bridgehead atoms. The Morgan fingerprint density at radius 1 is 1.50 bits per heavy atom. The number of hydrogen-bond acceptors (Lipinski definition) is 2. The van der Waals surface area contributed by atoms with Crippen LogP contribution < -0.4 is 5.32 Å². The Balaban J connectivity index is 1.99. The Morgan fingerprint density at radius 2 is 2.29 bits per heavy atom. The van der Waals surface area contributed by atoms with Crippen LogP contribution in [0.4, 0.5) is 0 Å². The van der Waals surface area contributed by atoms with Crippen molar-refractivity contribution in [2.45, 2.75) is 26.7 Å². The second kappa shape index (κ2) is 4.03. The van der Waals surface area contributed by atoms with Crippen molar-refractivity contribution in [2.24, 2.45) is 11.3 Å². The smallest absolute Gasteiger partial charge is 0.00517 e. The molecule has 0 atom stereocenters. The van der Waals surface area contributed by atoms with Gasteiger partial charge in [-0.25, -0.2) is 0 Å². The molecule has 2 rings (SSSR count). The van der Waals surface area contributed by atoms with Crippen LogP contribution in [0, 0.1) is 11.3 Å². The number of nitrogens with one attached hydrogen (secondary N) is 1. The van der Waals surface area contributed by atoms with Crippen LogP contribution in [0.2, 0.25) is 0 Å². The minimum absolute atomic E-state index is 0.568. The summed E-state index contributed by atoms with van der Waals surface area (Å²) in [7, 11) is 0. The lowest BCUT2D eigenvalue weighted by atomic mass is 9.72. The summed E-state index contributed by atoms with van der Waals surface area (Å²) in [4.78, 5) is 1.55. The van der Waals surface area contributed by atoms with Crippen molar-refractivity contribution >= 4 is 11.3 Å². The Kier molecular flexibility index (Phi) is 2.93. The van der Waals surface area contributed by atoms with E-state index in [-0.39, 0.29) is 0 Å². The van der Waals surface area contributed by atoms with Crippen molar-refractivity contribution in [3.05, 3.63) is 22.4 Å². The average molecular weight is 209 g/mol. The van der Waals surface area contributed by atoms with Crippen LogP contribution in [-0.4, -0.2) is 13.1 Å². The van der Waals surface area contributed by atoms with Crippen molar-refractivity contribution in [3.63, 3.8) is 0 Å². The van der Waals surface area contributed by atoms with Crippen LogP contribution in [-0.2, 0) is 6.42 Å². The molecule has 0 amide bonds. The first-order chi connectivity index (χ1) is 6.70. The molecule has 0 unspecified atom stereocenters. The summed E-state index contributed by atoms with van der Waals surface area (Å²) in [5.74, 6) is 0.817. The molecule has 2 heterocycles. The SMILES string of the molecule is CC(C)CC1(Cc2cccs2)CNC1. The summed E-state index contributed by atoms with van der Waals surface area (Å²) in [5, 5.41) is 5.61. The van der Waals surface area contributed by atoms with Gasteiger partial charge in [0.2, 0.25) is 0 Å². The van der Waals surface area contributed by atoms with Gasteiger partial charge in [-0.2, -0.15) is 0 Å². The van der Waals surface area contributed by atoms with Crippen LogP contribution in [0.5, 0.6) is 0 Å². The molecule has 2 heteroatoms. The van der Waals surface area contributed by atoms with E-state index in [1.165, 1.54) is 25.9 Å². The highest BCUT2D eigenvalue weighted by Gasteiger charge is 2.37. The molecule has 14 heavy (non-hydrogen) atoms. The molecule has 1 aromatic rings. The minimum Gasteiger partial charge on any atom is -0.316 e. The molecule has 78 valence electrons. The molecule has 1 saturated heterocycles. The van der Waals surface area contributed by atoms with Crippen LogP contribution >= 0.6 is 11.3 Å². The molecular formula is C12H19NS. The molecule has 1 N–H and O–H groups in total. The fraction of sp³-hybridized carbons (Fsp3) is 0.667. The molecule has 0 spiro atoms. The predicted octanol–water partition coefficient (Wildman–Crippen LogP) is 2.93. The van der Waals surface area contributed by atoms with Crippen LogP contribution in [0.25, 0.3) is 0 Å². The Hall–Kier alpha value is -0.340. The molecule has 0 saturated carbocycles. The first-order valence-electron chi connectivity index (χ1n) is 5.43. The zero-order chi connectivity index (χ0) is 10.0. The Morgan fingerprint density at radius 3 is 2.71 bits per heavy atom. The zero-order valence-corrected chi connectivity index (χ0v) is 9.86. The second-order valence-corrected chi connectivity index (χ2v) is 5.99. The van der Waals surface area contributed by atoms with Gasteiger partial charge in [0.25, 0.3) is 0 Å². The summed E-state index contributed by atoms with van der Waals surface area (Å²) in [6, 6.07) is 4.43. The minimum atomic E-state index is 0.568. The maximum atomic E-state index is 3.42. The van der Waals surface area contributed by atoms with Gasteiger partial charge in [0.1, 0.15) is 0 Å². The normalized spacial score (nSPS) is 19.6. The monoisotopic (exact) mass is 209 g/mol. The quantitative estimate of drug-likeness (QED) is 0.804. The van der Waals surface area contributed by atoms with E-state index >= 15 is 0 Å². The zero-order valence-electron chi connectivity index (χ0n) is 9.05. The summed E-state index contributed by atoms with van der Waals surface area (Å²) >= 11 is 1.90. The maximum Gasteiger partial charge on any atom is 0.00517 e. The lowest BCUT2D eigenvalue weighted by Crippen LogP contribution is -2.55. The molecule has 1 aliphatic rings. The average Bonchev–Trinajstić information content (AvgIpc) is 2.51. The number of thiophene rings is 1. The van der Waals surface area contributed by atoms with E-state index in [9.17, 15) is 0 Å². The fourth-order valence-electron chi connectivity index (χ4n) is 2.47. The molecule has 0 radical (unpaired) electrons. The first kappa shape index (κ1) is 10.2. The summed E-state index contributed by atoms with van der Waals surface area (Å²) in [6.07, 6.45) is 2.63. The van der Waals surface area contributed by atoms with Gasteiger partial charge in [0, 0.05) is 23.4 Å². The maximum absolute atomic E-state index is 3.42. The van der Waals surface area contributed by atoms with Gasteiger partial charge in [0.15, 0.2) is 0 Å². The fourth-order valence-corrected chi connectivity index (χ4v) is 3.35. The third kappa shape index (κ3) is 2.18. The van der Waals surface area contributed by atoms with E-state index in [0.29, 0.717) is 5.41 Å². The molecule has 0 aromatic carbocycles. The molecule has 1 nitrogen and oxygen atoms in total. The van der Waals surface area contributed by atoms with Gasteiger partial charge in [-0.1, -0.05) is 19.9 Å². The number of rotatable bonds is 4. The topological polar surface area (TPSA) is 12.0 Å². The van der Waals surface area contributed by atoms with Crippen molar-refractivity contribution in [2.75, 3.05) is 13.1 Å². The summed E-state index contributed by atoms with van der Waals surface area (Å²) in [6.45, 7) is 7.08. The predicted molar refractivity (Wildman–Crippen MR) is 62.8 cm³/mol. The molecular weight excluding hydrogens is 190 g/mol. The Bertz CT molecular complexity index is 273. The van der Waals surface area contributed by atoms with E-state index in [4.69, 9.17) is 0 Å². The third-order valence-electron chi connectivity index (χ3n) is 2.97. The van der Waals surface area contributed by atoms with Crippen LogP contribution in [0.1, 0.15) is 25.1 Å². The van der Waals surface area contributed by atoms with Crippen molar-refractivity contribution < 1.29 is 0 Å². The molecule has 1 aliphatic heterocycles. The third-order valence-corrected chi connectivity index (χ3v) is 3.85. The lowest BCUT2D eigenvalue weighted by molar-refractivity contribution is 0.132. The summed E-state index contributed by atoms with van der Waals surface area (Å²) in [5.41, 5.74) is 0.568. The van der Waals surface area contributed by atoms with E-state index < -0.39 is 0 Å². The van der Waals surface area contributed by atoms with Crippen molar-refractivity contribution in [1.82, 2.24) is 5.32 Å². The first-order valence-corrected chi connectivity index (χ1v) is 6.31. The highest BCUT2D eigenvalue weighted by Crippen LogP contribution is 2.35. The van der Waals surface area contributed by atoms with Gasteiger partial charge in [-0.3, -0.25) is 0 Å². The molecule has 1 aromatic heterocycles. The van der Waals surface area contributed by atoms with Gasteiger partial charge < -0.3 is 5.32 Å². The highest BCUT2D eigenvalue weighted by atomic mass is 32.1. The molecule has 0 aliphatic carbocycles. The van der Waals surface area contributed by atoms with Crippen molar-refractivity contribution in [3.8, 4) is 0 Å². The molecule has 1 fully saturated rings. The number of hydrogen-bond donors (Lipinski definition) is 1. The van der Waals surface area contributed by atoms with Gasteiger partial charge in [0.05, 0.1) is 0 Å². The van der Waals surface area contributed by atoms with Crippen LogP contribution in [0.3, 0.4) is 0 Å².